The van der Waals surface area contributed by atoms with E-state index in [0.717, 1.165) is 13.0 Å². The van der Waals surface area contributed by atoms with Gasteiger partial charge in [0.05, 0.1) is 7.11 Å². The molecule has 0 heterocycles. The first kappa shape index (κ1) is 14.4. The van der Waals surface area contributed by atoms with E-state index in [1.807, 2.05) is 11.9 Å². The van der Waals surface area contributed by atoms with E-state index >= 15 is 0 Å². The first-order chi connectivity index (χ1) is 6.94. The summed E-state index contributed by atoms with van der Waals surface area (Å²) in [5.41, 5.74) is -1.41. The molecule has 0 saturated carbocycles. The molecule has 0 radical (unpaired) electrons. The fourth-order valence-electron chi connectivity index (χ4n) is 1.52. The molecular weight excluding hydrogens is 194 g/mol. The Morgan fingerprint density at radius 3 is 2.53 bits per heavy atom. The van der Waals surface area contributed by atoms with Crippen LogP contribution in [0.2, 0.25) is 0 Å². The molecule has 1 atom stereocenters. The van der Waals surface area contributed by atoms with Gasteiger partial charge in [0.2, 0.25) is 0 Å². The van der Waals surface area contributed by atoms with Gasteiger partial charge in [-0.3, -0.25) is 0 Å². The van der Waals surface area contributed by atoms with Crippen molar-refractivity contribution in [2.24, 2.45) is 0 Å². The number of esters is 1. The molecular formula is C11H23NO3. The van der Waals surface area contributed by atoms with Crippen LogP contribution in [0.1, 0.15) is 33.1 Å². The number of aliphatic hydroxyl groups is 1. The Hall–Kier alpha value is -0.610. The fourth-order valence-corrected chi connectivity index (χ4v) is 1.52. The number of methoxy groups -OCH3 is 1. The minimum Gasteiger partial charge on any atom is -0.467 e. The Morgan fingerprint density at radius 2 is 2.07 bits per heavy atom. The van der Waals surface area contributed by atoms with Gasteiger partial charge >= 0.3 is 5.97 Å². The molecule has 0 aliphatic heterocycles. The summed E-state index contributed by atoms with van der Waals surface area (Å²) >= 11 is 0. The third-order valence-electron chi connectivity index (χ3n) is 2.35. The van der Waals surface area contributed by atoms with E-state index in [1.165, 1.54) is 26.9 Å². The van der Waals surface area contributed by atoms with Crippen molar-refractivity contribution < 1.29 is 14.6 Å². The molecule has 0 amide bonds. The number of likely N-dealkylation sites (N-methyl/N-ethyl adjacent to an activating group) is 1. The van der Waals surface area contributed by atoms with Crippen molar-refractivity contribution in [3.63, 3.8) is 0 Å². The highest BCUT2D eigenvalue weighted by Gasteiger charge is 2.32. The van der Waals surface area contributed by atoms with Crippen LogP contribution in [0.3, 0.4) is 0 Å². The largest absolute Gasteiger partial charge is 0.467 e. The monoisotopic (exact) mass is 217 g/mol. The van der Waals surface area contributed by atoms with Gasteiger partial charge in [-0.25, -0.2) is 4.79 Å². The zero-order chi connectivity index (χ0) is 11.9. The van der Waals surface area contributed by atoms with Gasteiger partial charge in [-0.05, 0) is 26.9 Å². The van der Waals surface area contributed by atoms with Crippen molar-refractivity contribution in [2.75, 3.05) is 27.2 Å². The van der Waals surface area contributed by atoms with Gasteiger partial charge in [0.1, 0.15) is 0 Å². The second kappa shape index (κ2) is 6.80. The molecule has 0 aliphatic rings. The summed E-state index contributed by atoms with van der Waals surface area (Å²) in [4.78, 5) is 13.2. The van der Waals surface area contributed by atoms with Crippen LogP contribution in [0, 0.1) is 0 Å². The quantitative estimate of drug-likeness (QED) is 0.511. The molecule has 0 aliphatic carbocycles. The number of nitrogens with zero attached hydrogens (tertiary/aromatic N) is 1. The smallest absolute Gasteiger partial charge is 0.338 e. The minimum atomic E-state index is -1.41. The van der Waals surface area contributed by atoms with E-state index in [-0.39, 0.29) is 0 Å². The molecule has 0 aromatic carbocycles. The number of rotatable bonds is 7. The Kier molecular flexibility index (Phi) is 6.52. The predicted octanol–water partition coefficient (Wildman–Crippen LogP) is 1.03. The average Bonchev–Trinajstić information content (AvgIpc) is 2.16. The number of ether oxygens (including phenoxy) is 1. The molecule has 0 spiro atoms. The normalized spacial score (nSPS) is 15.1. The molecule has 1 N–H and O–H groups in total. The molecule has 0 bridgehead atoms. The Morgan fingerprint density at radius 1 is 1.47 bits per heavy atom. The van der Waals surface area contributed by atoms with Crippen LogP contribution >= 0.6 is 0 Å². The summed E-state index contributed by atoms with van der Waals surface area (Å²) in [7, 11) is 3.18. The van der Waals surface area contributed by atoms with E-state index in [1.54, 1.807) is 0 Å². The second-order valence-electron chi connectivity index (χ2n) is 4.21. The molecule has 4 nitrogen and oxygen atoms in total. The van der Waals surface area contributed by atoms with E-state index in [0.29, 0.717) is 6.54 Å². The lowest BCUT2D eigenvalue weighted by Crippen LogP contribution is -2.46. The van der Waals surface area contributed by atoms with E-state index in [2.05, 4.69) is 11.7 Å². The third kappa shape index (κ3) is 5.74. The van der Waals surface area contributed by atoms with Crippen LogP contribution in [0.5, 0.6) is 0 Å². The number of carbonyl (C=O) groups excluding carboxylic acids is 1. The lowest BCUT2D eigenvalue weighted by Gasteiger charge is -2.26. The molecule has 4 heteroatoms. The highest BCUT2D eigenvalue weighted by molar-refractivity contribution is 5.78. The van der Waals surface area contributed by atoms with Gasteiger partial charge in [0, 0.05) is 6.54 Å². The Balaban J connectivity index is 3.93. The number of hydrogen-bond donors (Lipinski definition) is 1. The summed E-state index contributed by atoms with van der Waals surface area (Å²) in [6, 6.07) is 0. The predicted molar refractivity (Wildman–Crippen MR) is 59.7 cm³/mol. The van der Waals surface area contributed by atoms with Crippen molar-refractivity contribution in [3.8, 4) is 0 Å². The highest BCUT2D eigenvalue weighted by Crippen LogP contribution is 2.08. The minimum absolute atomic E-state index is 0.309. The molecule has 0 aromatic rings. The molecule has 15 heavy (non-hydrogen) atoms. The number of hydrogen-bond acceptors (Lipinski definition) is 4. The van der Waals surface area contributed by atoms with Gasteiger partial charge in [-0.2, -0.15) is 0 Å². The highest BCUT2D eigenvalue weighted by atomic mass is 16.5. The van der Waals surface area contributed by atoms with Crippen LogP contribution in [-0.2, 0) is 9.53 Å². The zero-order valence-electron chi connectivity index (χ0n) is 10.2. The van der Waals surface area contributed by atoms with Gasteiger partial charge in [-0.1, -0.05) is 19.8 Å². The second-order valence-corrected chi connectivity index (χ2v) is 4.21. The number of carbonyl (C=O) groups is 1. The summed E-state index contributed by atoms with van der Waals surface area (Å²) in [6.45, 7) is 4.82. The van der Waals surface area contributed by atoms with Crippen molar-refractivity contribution >= 4 is 5.97 Å². The first-order valence-electron chi connectivity index (χ1n) is 5.43. The molecule has 0 aromatic heterocycles. The van der Waals surface area contributed by atoms with Crippen molar-refractivity contribution in [3.05, 3.63) is 0 Å². The number of unbranched alkanes of at least 4 members (excludes halogenated alkanes) is 2. The standard InChI is InChI=1S/C11H23NO3/c1-5-6-7-8-12(3)9-11(2,14)10(13)15-4/h14H,5-9H2,1-4H3. The van der Waals surface area contributed by atoms with Gasteiger partial charge in [0.15, 0.2) is 5.60 Å². The average molecular weight is 217 g/mol. The Labute approximate surface area is 92.2 Å². The fraction of sp³-hybridized carbons (Fsp3) is 0.909. The van der Waals surface area contributed by atoms with Crippen LogP contribution < -0.4 is 0 Å². The summed E-state index contributed by atoms with van der Waals surface area (Å²) in [5.74, 6) is -0.579. The van der Waals surface area contributed by atoms with Crippen LogP contribution in [0.4, 0.5) is 0 Å². The lowest BCUT2D eigenvalue weighted by atomic mass is 10.1. The van der Waals surface area contributed by atoms with Gasteiger partial charge in [-0.15, -0.1) is 0 Å². The van der Waals surface area contributed by atoms with Gasteiger partial charge in [0.25, 0.3) is 0 Å². The van der Waals surface area contributed by atoms with E-state index in [9.17, 15) is 9.90 Å². The zero-order valence-corrected chi connectivity index (χ0v) is 10.2. The topological polar surface area (TPSA) is 49.8 Å². The molecule has 0 fully saturated rings. The van der Waals surface area contributed by atoms with Crippen molar-refractivity contribution in [2.45, 2.75) is 38.7 Å². The first-order valence-corrected chi connectivity index (χ1v) is 5.43. The van der Waals surface area contributed by atoms with Crippen molar-refractivity contribution in [1.29, 1.82) is 0 Å². The van der Waals surface area contributed by atoms with E-state index in [4.69, 9.17) is 0 Å². The van der Waals surface area contributed by atoms with Crippen LogP contribution in [0.15, 0.2) is 0 Å². The summed E-state index contributed by atoms with van der Waals surface area (Å²) in [5, 5.41) is 9.79. The maximum atomic E-state index is 11.2. The summed E-state index contributed by atoms with van der Waals surface area (Å²) in [6.07, 6.45) is 3.43. The van der Waals surface area contributed by atoms with Crippen LogP contribution in [-0.4, -0.2) is 48.8 Å². The molecule has 0 saturated heterocycles. The molecule has 0 rings (SSSR count). The van der Waals surface area contributed by atoms with Crippen molar-refractivity contribution in [1.82, 2.24) is 4.90 Å². The van der Waals surface area contributed by atoms with Crippen LogP contribution in [0.25, 0.3) is 0 Å². The third-order valence-corrected chi connectivity index (χ3v) is 2.35. The maximum absolute atomic E-state index is 11.2. The molecule has 1 unspecified atom stereocenters. The SMILES string of the molecule is CCCCCN(C)CC(C)(O)C(=O)OC. The maximum Gasteiger partial charge on any atom is 0.338 e. The van der Waals surface area contributed by atoms with E-state index < -0.39 is 11.6 Å². The summed E-state index contributed by atoms with van der Waals surface area (Å²) < 4.78 is 4.53. The Bertz CT molecular complexity index is 192. The van der Waals surface area contributed by atoms with Gasteiger partial charge < -0.3 is 14.7 Å². The lowest BCUT2D eigenvalue weighted by molar-refractivity contribution is -0.162. The molecule has 90 valence electrons.